The molecule has 2 rings (SSSR count). The second-order valence-electron chi connectivity index (χ2n) is 6.88. The summed E-state index contributed by atoms with van der Waals surface area (Å²) in [6, 6.07) is 2.39. The molecule has 1 aromatic rings. The molecule has 0 saturated carbocycles. The van der Waals surface area contributed by atoms with Crippen LogP contribution >= 0.6 is 0 Å². The van der Waals surface area contributed by atoms with E-state index in [0.717, 1.165) is 35.7 Å². The Morgan fingerprint density at radius 3 is 2.30 bits per heavy atom. The highest BCUT2D eigenvalue weighted by Gasteiger charge is 2.32. The number of piperazine rings is 1. The molecule has 0 atom stereocenters. The highest BCUT2D eigenvalue weighted by atomic mass is 32.2. The molecule has 1 aliphatic heterocycles. The molecule has 0 spiro atoms. The molecular formula is C19H28F2N2O3S. The average molecular weight is 403 g/mol. The van der Waals surface area contributed by atoms with Crippen LogP contribution < -0.4 is 0 Å². The molecule has 0 aliphatic carbocycles. The zero-order valence-corrected chi connectivity index (χ0v) is 16.6. The molecule has 152 valence electrons. The molecule has 1 heterocycles. The molecule has 8 heteroatoms. The molecule has 27 heavy (non-hydrogen) atoms. The smallest absolute Gasteiger partial charge is 0.246 e. The number of benzene rings is 1. The van der Waals surface area contributed by atoms with E-state index in [1.807, 2.05) is 0 Å². The molecule has 0 bridgehead atoms. The van der Waals surface area contributed by atoms with E-state index in [0.29, 0.717) is 12.5 Å². The predicted octanol–water partition coefficient (Wildman–Crippen LogP) is 3.55. The number of sulfonamides is 1. The van der Waals surface area contributed by atoms with Crippen LogP contribution in [0.2, 0.25) is 0 Å². The molecule has 1 aliphatic rings. The topological polar surface area (TPSA) is 57.7 Å². The number of halogens is 2. The van der Waals surface area contributed by atoms with Crippen LogP contribution in [0.1, 0.15) is 51.9 Å². The van der Waals surface area contributed by atoms with Crippen molar-refractivity contribution in [3.8, 4) is 0 Å². The highest BCUT2D eigenvalue weighted by Crippen LogP contribution is 2.22. The standard InChI is InChI=1S/C19H28F2N2O3S/c1-2-3-4-5-6-7-8-19(24)22-11-13-23(14-12-22)27(25,26)18-15-16(20)9-10-17(18)21/h9-10,15H,2-8,11-14H2,1H3. The van der Waals surface area contributed by atoms with Gasteiger partial charge in [-0.25, -0.2) is 17.2 Å². The summed E-state index contributed by atoms with van der Waals surface area (Å²) in [6.45, 7) is 2.86. The Kier molecular flexibility index (Phi) is 8.16. The third kappa shape index (κ3) is 5.97. The molecule has 1 aromatic carbocycles. The van der Waals surface area contributed by atoms with Crippen molar-refractivity contribution in [1.82, 2.24) is 9.21 Å². The third-order valence-electron chi connectivity index (χ3n) is 4.85. The maximum absolute atomic E-state index is 13.8. The minimum absolute atomic E-state index is 0.0273. The summed E-state index contributed by atoms with van der Waals surface area (Å²) < 4.78 is 53.4. The van der Waals surface area contributed by atoms with Crippen molar-refractivity contribution in [3.05, 3.63) is 29.8 Å². The van der Waals surface area contributed by atoms with Gasteiger partial charge in [-0.15, -0.1) is 0 Å². The van der Waals surface area contributed by atoms with Gasteiger partial charge in [0.2, 0.25) is 15.9 Å². The van der Waals surface area contributed by atoms with E-state index in [1.54, 1.807) is 4.90 Å². The van der Waals surface area contributed by atoms with Crippen molar-refractivity contribution in [2.45, 2.75) is 56.8 Å². The Balaban J connectivity index is 1.84. The summed E-state index contributed by atoms with van der Waals surface area (Å²) in [7, 11) is -4.11. The Hall–Kier alpha value is -1.54. The van der Waals surface area contributed by atoms with E-state index in [-0.39, 0.29) is 32.1 Å². The Morgan fingerprint density at radius 2 is 1.63 bits per heavy atom. The van der Waals surface area contributed by atoms with E-state index in [4.69, 9.17) is 0 Å². The molecular weight excluding hydrogens is 374 g/mol. The fraction of sp³-hybridized carbons (Fsp3) is 0.632. The van der Waals surface area contributed by atoms with E-state index >= 15 is 0 Å². The van der Waals surface area contributed by atoms with Gasteiger partial charge in [-0.2, -0.15) is 4.31 Å². The van der Waals surface area contributed by atoms with Gasteiger partial charge < -0.3 is 4.90 Å². The van der Waals surface area contributed by atoms with Gasteiger partial charge in [0.25, 0.3) is 0 Å². The summed E-state index contributed by atoms with van der Waals surface area (Å²) >= 11 is 0. The maximum Gasteiger partial charge on any atom is 0.246 e. The minimum Gasteiger partial charge on any atom is -0.340 e. The number of rotatable bonds is 9. The molecule has 5 nitrogen and oxygen atoms in total. The van der Waals surface area contributed by atoms with Crippen LogP contribution in [-0.4, -0.2) is 49.7 Å². The van der Waals surface area contributed by atoms with Gasteiger partial charge in [-0.3, -0.25) is 4.79 Å². The van der Waals surface area contributed by atoms with E-state index in [1.165, 1.54) is 19.3 Å². The lowest BCUT2D eigenvalue weighted by molar-refractivity contribution is -0.132. The van der Waals surface area contributed by atoms with E-state index < -0.39 is 26.6 Å². The molecule has 0 aromatic heterocycles. The summed E-state index contributed by atoms with van der Waals surface area (Å²) in [5.74, 6) is -1.75. The first-order valence-corrected chi connectivity index (χ1v) is 11.0. The van der Waals surface area contributed by atoms with Gasteiger partial charge in [0.15, 0.2) is 0 Å². The van der Waals surface area contributed by atoms with Crippen molar-refractivity contribution in [3.63, 3.8) is 0 Å². The number of nitrogens with zero attached hydrogens (tertiary/aromatic N) is 2. The normalized spacial score (nSPS) is 15.9. The van der Waals surface area contributed by atoms with Gasteiger partial charge in [-0.05, 0) is 24.6 Å². The SMILES string of the molecule is CCCCCCCCC(=O)N1CCN(S(=O)(=O)c2cc(F)ccc2F)CC1. The molecule has 0 radical (unpaired) electrons. The molecule has 1 saturated heterocycles. The summed E-state index contributed by atoms with van der Waals surface area (Å²) in [5, 5.41) is 0. The lowest BCUT2D eigenvalue weighted by Crippen LogP contribution is -2.50. The van der Waals surface area contributed by atoms with Crippen molar-refractivity contribution in [2.24, 2.45) is 0 Å². The van der Waals surface area contributed by atoms with E-state index in [9.17, 15) is 22.0 Å². The minimum atomic E-state index is -4.11. The summed E-state index contributed by atoms with van der Waals surface area (Å²) in [6.07, 6.45) is 7.07. The maximum atomic E-state index is 13.8. The average Bonchev–Trinajstić information content (AvgIpc) is 2.66. The zero-order chi connectivity index (χ0) is 19.9. The number of hydrogen-bond acceptors (Lipinski definition) is 3. The second kappa shape index (κ2) is 10.1. The highest BCUT2D eigenvalue weighted by molar-refractivity contribution is 7.89. The van der Waals surface area contributed by atoms with Gasteiger partial charge in [0.1, 0.15) is 16.5 Å². The van der Waals surface area contributed by atoms with Gasteiger partial charge in [0, 0.05) is 32.6 Å². The van der Waals surface area contributed by atoms with Crippen LogP contribution in [0.25, 0.3) is 0 Å². The number of carbonyl (C=O) groups excluding carboxylic acids is 1. The molecule has 1 fully saturated rings. The number of unbranched alkanes of at least 4 members (excludes halogenated alkanes) is 5. The van der Waals surface area contributed by atoms with Gasteiger partial charge >= 0.3 is 0 Å². The van der Waals surface area contributed by atoms with Crippen molar-refractivity contribution >= 4 is 15.9 Å². The lowest BCUT2D eigenvalue weighted by Gasteiger charge is -2.34. The quantitative estimate of drug-likeness (QED) is 0.594. The molecule has 1 amide bonds. The fourth-order valence-electron chi connectivity index (χ4n) is 3.21. The van der Waals surface area contributed by atoms with Crippen molar-refractivity contribution in [1.29, 1.82) is 0 Å². The summed E-state index contributed by atoms with van der Waals surface area (Å²) in [5.41, 5.74) is 0. The third-order valence-corrected chi connectivity index (χ3v) is 6.76. The van der Waals surface area contributed by atoms with Gasteiger partial charge in [-0.1, -0.05) is 39.0 Å². The Labute approximate surface area is 160 Å². The van der Waals surface area contributed by atoms with Gasteiger partial charge in [0.05, 0.1) is 0 Å². The molecule has 0 unspecified atom stereocenters. The van der Waals surface area contributed by atoms with Crippen LogP contribution in [-0.2, 0) is 14.8 Å². The fourth-order valence-corrected chi connectivity index (χ4v) is 4.70. The first kappa shape index (κ1) is 21.8. The number of amides is 1. The van der Waals surface area contributed by atoms with E-state index in [2.05, 4.69) is 6.92 Å². The zero-order valence-electron chi connectivity index (χ0n) is 15.8. The van der Waals surface area contributed by atoms with Crippen molar-refractivity contribution < 1.29 is 22.0 Å². The second-order valence-corrected chi connectivity index (χ2v) is 8.78. The van der Waals surface area contributed by atoms with Crippen LogP contribution in [0, 0.1) is 11.6 Å². The lowest BCUT2D eigenvalue weighted by atomic mass is 10.1. The monoisotopic (exact) mass is 402 g/mol. The first-order valence-electron chi connectivity index (χ1n) is 9.59. The Morgan fingerprint density at radius 1 is 1.00 bits per heavy atom. The number of hydrogen-bond donors (Lipinski definition) is 0. The van der Waals surface area contributed by atoms with Crippen LogP contribution in [0.5, 0.6) is 0 Å². The predicted molar refractivity (Wildman–Crippen MR) is 99.7 cm³/mol. The summed E-state index contributed by atoms with van der Waals surface area (Å²) in [4.78, 5) is 13.3. The first-order chi connectivity index (χ1) is 12.9. The molecule has 0 N–H and O–H groups in total. The Bertz CT molecular complexity index is 732. The van der Waals surface area contributed by atoms with Crippen LogP contribution in [0.4, 0.5) is 8.78 Å². The number of carbonyl (C=O) groups is 1. The van der Waals surface area contributed by atoms with Crippen LogP contribution in [0.3, 0.4) is 0 Å². The van der Waals surface area contributed by atoms with Crippen LogP contribution in [0.15, 0.2) is 23.1 Å². The van der Waals surface area contributed by atoms with Crippen molar-refractivity contribution in [2.75, 3.05) is 26.2 Å². The largest absolute Gasteiger partial charge is 0.340 e.